The monoisotopic (exact) mass is 224 g/mol. The van der Waals surface area contributed by atoms with Crippen LogP contribution >= 0.6 is 0 Å². The topological polar surface area (TPSA) is 9.23 Å². The molecule has 2 heteroatoms. The maximum atomic E-state index is 6.04. The first-order chi connectivity index (χ1) is 6.99. The van der Waals surface area contributed by atoms with Crippen LogP contribution in [0.5, 0.6) is 0 Å². The highest BCUT2D eigenvalue weighted by molar-refractivity contribution is 6.69. The molecule has 1 nitrogen and oxygen atoms in total. The van der Waals surface area contributed by atoms with Gasteiger partial charge in [-0.25, -0.2) is 0 Å². The molecule has 15 heavy (non-hydrogen) atoms. The average molecular weight is 224 g/mol. The molecule has 0 saturated heterocycles. The van der Waals surface area contributed by atoms with Crippen molar-refractivity contribution < 1.29 is 4.43 Å². The quantitative estimate of drug-likeness (QED) is 0.361. The SMILES string of the molecule is C#C/C=C/[C@H](CCCCC)O[Si](C)(C)C. The van der Waals surface area contributed by atoms with Gasteiger partial charge in [0.1, 0.15) is 0 Å². The fourth-order valence-corrected chi connectivity index (χ4v) is 2.51. The van der Waals surface area contributed by atoms with Gasteiger partial charge in [0.15, 0.2) is 8.32 Å². The van der Waals surface area contributed by atoms with E-state index in [2.05, 4.69) is 32.5 Å². The Morgan fingerprint density at radius 1 is 1.33 bits per heavy atom. The van der Waals surface area contributed by atoms with E-state index in [1.165, 1.54) is 19.3 Å². The van der Waals surface area contributed by atoms with Crippen molar-refractivity contribution in [3.05, 3.63) is 12.2 Å². The molecule has 0 unspecified atom stereocenters. The normalized spacial score (nSPS) is 14.1. The summed E-state index contributed by atoms with van der Waals surface area (Å²) < 4.78 is 6.04. The van der Waals surface area contributed by atoms with E-state index in [0.717, 1.165) is 6.42 Å². The molecule has 1 atom stereocenters. The third-order valence-corrected chi connectivity index (χ3v) is 3.01. The summed E-state index contributed by atoms with van der Waals surface area (Å²) in [6, 6.07) is 0. The molecular weight excluding hydrogens is 200 g/mol. The van der Waals surface area contributed by atoms with Gasteiger partial charge in [-0.2, -0.15) is 0 Å². The van der Waals surface area contributed by atoms with Crippen LogP contribution in [0.3, 0.4) is 0 Å². The van der Waals surface area contributed by atoms with E-state index in [1.54, 1.807) is 6.08 Å². The highest BCUT2D eigenvalue weighted by Crippen LogP contribution is 2.14. The molecule has 0 heterocycles. The van der Waals surface area contributed by atoms with Crippen LogP contribution < -0.4 is 0 Å². The van der Waals surface area contributed by atoms with Gasteiger partial charge in [-0.15, -0.1) is 6.42 Å². The largest absolute Gasteiger partial charge is 0.411 e. The zero-order chi connectivity index (χ0) is 11.7. The van der Waals surface area contributed by atoms with Crippen LogP contribution in [0.25, 0.3) is 0 Å². The van der Waals surface area contributed by atoms with Crippen LogP contribution in [-0.2, 0) is 4.43 Å². The van der Waals surface area contributed by atoms with Crippen LogP contribution in [0.2, 0.25) is 19.6 Å². The van der Waals surface area contributed by atoms with Gasteiger partial charge in [-0.1, -0.05) is 32.1 Å². The van der Waals surface area contributed by atoms with Gasteiger partial charge in [0.05, 0.1) is 6.10 Å². The molecule has 0 radical (unpaired) electrons. The summed E-state index contributed by atoms with van der Waals surface area (Å²) in [5.41, 5.74) is 0. The summed E-state index contributed by atoms with van der Waals surface area (Å²) in [7, 11) is -1.45. The molecule has 86 valence electrons. The molecule has 0 aromatic rings. The highest BCUT2D eigenvalue weighted by Gasteiger charge is 2.18. The molecule has 0 fully saturated rings. The van der Waals surface area contributed by atoms with Crippen LogP contribution in [0, 0.1) is 12.3 Å². The Kier molecular flexibility index (Phi) is 7.46. The molecule has 0 aliphatic heterocycles. The first-order valence-electron chi connectivity index (χ1n) is 5.80. The van der Waals surface area contributed by atoms with Crippen molar-refractivity contribution in [1.82, 2.24) is 0 Å². The number of unbranched alkanes of at least 4 members (excludes halogenated alkanes) is 2. The van der Waals surface area contributed by atoms with Gasteiger partial charge in [0, 0.05) is 0 Å². The van der Waals surface area contributed by atoms with Crippen molar-refractivity contribution in [2.24, 2.45) is 0 Å². The van der Waals surface area contributed by atoms with Gasteiger partial charge in [-0.3, -0.25) is 0 Å². The van der Waals surface area contributed by atoms with Crippen LogP contribution in [0.4, 0.5) is 0 Å². The minimum Gasteiger partial charge on any atom is -0.411 e. The van der Waals surface area contributed by atoms with E-state index in [1.807, 2.05) is 6.08 Å². The number of hydrogen-bond acceptors (Lipinski definition) is 1. The summed E-state index contributed by atoms with van der Waals surface area (Å²) >= 11 is 0. The van der Waals surface area contributed by atoms with E-state index >= 15 is 0 Å². The Balaban J connectivity index is 4.08. The third-order valence-electron chi connectivity index (χ3n) is 2.00. The fourth-order valence-electron chi connectivity index (χ4n) is 1.41. The number of allylic oxidation sites excluding steroid dienone is 1. The van der Waals surface area contributed by atoms with Crippen molar-refractivity contribution in [3.63, 3.8) is 0 Å². The summed E-state index contributed by atoms with van der Waals surface area (Å²) in [6.45, 7) is 8.85. The lowest BCUT2D eigenvalue weighted by molar-refractivity contribution is 0.227. The molecule has 0 spiro atoms. The molecule has 0 aliphatic rings. The second kappa shape index (κ2) is 7.73. The summed E-state index contributed by atoms with van der Waals surface area (Å²) in [5, 5.41) is 0. The number of terminal acetylenes is 1. The predicted octanol–water partition coefficient (Wildman–Crippen LogP) is 3.98. The van der Waals surface area contributed by atoms with Crippen LogP contribution in [0.15, 0.2) is 12.2 Å². The minimum atomic E-state index is -1.45. The van der Waals surface area contributed by atoms with Crippen LogP contribution in [0.1, 0.15) is 32.6 Å². The first-order valence-corrected chi connectivity index (χ1v) is 9.21. The Labute approximate surface area is 96.0 Å². The standard InChI is InChI=1S/C13H24OSi/c1-6-8-10-12-13(11-9-7-2)14-15(3,4)5/h2,9,11,13H,6,8,10,12H2,1,3-5H3/b11-9+/t13-/m1/s1. The zero-order valence-electron chi connectivity index (χ0n) is 10.5. The molecule has 0 saturated carbocycles. The fraction of sp³-hybridized carbons (Fsp3) is 0.692. The summed E-state index contributed by atoms with van der Waals surface area (Å²) in [6.07, 6.45) is 14.1. The highest BCUT2D eigenvalue weighted by atomic mass is 28.4. The second-order valence-corrected chi connectivity index (χ2v) is 9.25. The summed E-state index contributed by atoms with van der Waals surface area (Å²) in [4.78, 5) is 0. The van der Waals surface area contributed by atoms with E-state index in [0.29, 0.717) is 0 Å². The van der Waals surface area contributed by atoms with Gasteiger partial charge in [0.25, 0.3) is 0 Å². The van der Waals surface area contributed by atoms with E-state index in [4.69, 9.17) is 10.8 Å². The molecule has 0 aromatic heterocycles. The van der Waals surface area contributed by atoms with Crippen molar-refractivity contribution in [1.29, 1.82) is 0 Å². The number of rotatable bonds is 7. The van der Waals surface area contributed by atoms with E-state index < -0.39 is 8.32 Å². The predicted molar refractivity (Wildman–Crippen MR) is 70.3 cm³/mol. The number of hydrogen-bond donors (Lipinski definition) is 0. The second-order valence-electron chi connectivity index (χ2n) is 4.79. The van der Waals surface area contributed by atoms with Crippen molar-refractivity contribution in [2.75, 3.05) is 0 Å². The molecule has 0 N–H and O–H groups in total. The molecule has 0 aromatic carbocycles. The Morgan fingerprint density at radius 2 is 2.00 bits per heavy atom. The Morgan fingerprint density at radius 3 is 2.47 bits per heavy atom. The van der Waals surface area contributed by atoms with Gasteiger partial charge < -0.3 is 4.43 Å². The molecule has 0 amide bonds. The lowest BCUT2D eigenvalue weighted by Crippen LogP contribution is -2.31. The van der Waals surface area contributed by atoms with E-state index in [9.17, 15) is 0 Å². The third kappa shape index (κ3) is 9.77. The van der Waals surface area contributed by atoms with E-state index in [-0.39, 0.29) is 6.10 Å². The molecule has 0 rings (SSSR count). The van der Waals surface area contributed by atoms with Crippen molar-refractivity contribution in [2.45, 2.75) is 58.4 Å². The lowest BCUT2D eigenvalue weighted by atomic mass is 10.1. The Hall–Kier alpha value is -0.523. The smallest absolute Gasteiger partial charge is 0.184 e. The average Bonchev–Trinajstić information content (AvgIpc) is 2.12. The molecule has 0 bridgehead atoms. The maximum Gasteiger partial charge on any atom is 0.184 e. The molecular formula is C13H24OSi. The lowest BCUT2D eigenvalue weighted by Gasteiger charge is -2.24. The van der Waals surface area contributed by atoms with Crippen molar-refractivity contribution >= 4 is 8.32 Å². The van der Waals surface area contributed by atoms with Gasteiger partial charge in [-0.05, 0) is 38.2 Å². The summed E-state index contributed by atoms with van der Waals surface area (Å²) in [5.74, 6) is 2.53. The minimum absolute atomic E-state index is 0.222. The van der Waals surface area contributed by atoms with Crippen molar-refractivity contribution in [3.8, 4) is 12.3 Å². The first kappa shape index (κ1) is 14.5. The molecule has 0 aliphatic carbocycles. The Bertz CT molecular complexity index is 220. The van der Waals surface area contributed by atoms with Crippen LogP contribution in [-0.4, -0.2) is 14.4 Å². The zero-order valence-corrected chi connectivity index (χ0v) is 11.5. The van der Waals surface area contributed by atoms with Gasteiger partial charge in [0.2, 0.25) is 0 Å². The van der Waals surface area contributed by atoms with Gasteiger partial charge >= 0.3 is 0 Å². The maximum absolute atomic E-state index is 6.04.